The average Bonchev–Trinajstić information content (AvgIpc) is 3.56. The Labute approximate surface area is 277 Å². The van der Waals surface area contributed by atoms with Crippen molar-refractivity contribution in [2.45, 2.75) is 109 Å². The lowest BCUT2D eigenvalue weighted by Crippen LogP contribution is -2.55. The van der Waals surface area contributed by atoms with Crippen molar-refractivity contribution in [3.05, 3.63) is 53.1 Å². The van der Waals surface area contributed by atoms with Gasteiger partial charge >= 0.3 is 0 Å². The zero-order valence-electron chi connectivity index (χ0n) is 28.5. The molecule has 12 heteroatoms. The zero-order chi connectivity index (χ0) is 34.1. The Balaban J connectivity index is 1.52. The van der Waals surface area contributed by atoms with Crippen molar-refractivity contribution in [2.24, 2.45) is 0 Å². The molecule has 0 bridgehead atoms. The Kier molecular flexibility index (Phi) is 13.1. The SMILES string of the molecule is CCC(=O)N[C@@H](C(=O)N1CCN(C)CC1)[C@@H](C)c1ccc(CC(=O)[C@@H](NC(=O)c2ccnn2CC)[C@@H](C)OC2CCCCC2)c(F)c1. The van der Waals surface area contributed by atoms with E-state index < -0.39 is 35.8 Å². The highest BCUT2D eigenvalue weighted by molar-refractivity contribution is 5.97. The molecule has 2 N–H and O–H groups in total. The second-order valence-corrected chi connectivity index (χ2v) is 12.9. The van der Waals surface area contributed by atoms with Crippen LogP contribution in [0.1, 0.15) is 93.8 Å². The summed E-state index contributed by atoms with van der Waals surface area (Å²) < 4.78 is 23.6. The third-order valence-corrected chi connectivity index (χ3v) is 9.50. The standard InChI is InChI=1S/C35H51FN6O5/c1-6-31(44)38-32(35(46)41-19-17-40(5)18-20-41)23(3)25-13-14-26(28(36)21-25)22-30(43)33(24(4)47-27-11-9-8-10-12-27)39-34(45)29-15-16-37-42(29)7-2/h13-16,21,23-24,27,32-33H,6-12,17-20,22H2,1-5H3,(H,38,44)(H,39,45)/t23-,24+,32+,33-/m0/s1. The van der Waals surface area contributed by atoms with E-state index in [9.17, 15) is 19.2 Å². The molecule has 4 rings (SSSR count). The number of nitrogens with one attached hydrogen (secondary N) is 2. The minimum atomic E-state index is -1.00. The summed E-state index contributed by atoms with van der Waals surface area (Å²) in [5.74, 6) is -2.38. The Bertz CT molecular complexity index is 1380. The van der Waals surface area contributed by atoms with E-state index in [1.807, 2.05) is 14.0 Å². The molecule has 1 aromatic heterocycles. The van der Waals surface area contributed by atoms with Crippen LogP contribution in [0.2, 0.25) is 0 Å². The number of piperazine rings is 1. The van der Waals surface area contributed by atoms with Gasteiger partial charge < -0.3 is 25.2 Å². The van der Waals surface area contributed by atoms with E-state index in [-0.39, 0.29) is 42.1 Å². The van der Waals surface area contributed by atoms with Crippen LogP contribution in [-0.4, -0.2) is 101 Å². The van der Waals surface area contributed by atoms with E-state index in [0.29, 0.717) is 30.9 Å². The fourth-order valence-corrected chi connectivity index (χ4v) is 6.42. The van der Waals surface area contributed by atoms with Crippen LogP contribution in [0.25, 0.3) is 0 Å². The van der Waals surface area contributed by atoms with Crippen molar-refractivity contribution in [3.8, 4) is 0 Å². The number of benzene rings is 1. The Morgan fingerprint density at radius 2 is 1.68 bits per heavy atom. The van der Waals surface area contributed by atoms with E-state index in [0.717, 1.165) is 45.2 Å². The number of aryl methyl sites for hydroxylation is 1. The van der Waals surface area contributed by atoms with Crippen LogP contribution in [0, 0.1) is 5.82 Å². The molecular weight excluding hydrogens is 603 g/mol. The first-order valence-electron chi connectivity index (χ1n) is 17.1. The number of likely N-dealkylation sites (N-methyl/N-ethyl adjacent to an activating group) is 1. The Morgan fingerprint density at radius 1 is 0.979 bits per heavy atom. The predicted molar refractivity (Wildman–Crippen MR) is 176 cm³/mol. The van der Waals surface area contributed by atoms with Gasteiger partial charge in [-0.15, -0.1) is 0 Å². The molecule has 2 fully saturated rings. The summed E-state index contributed by atoms with van der Waals surface area (Å²) in [4.78, 5) is 56.9. The molecule has 4 atom stereocenters. The van der Waals surface area contributed by atoms with E-state index in [4.69, 9.17) is 4.74 Å². The van der Waals surface area contributed by atoms with Crippen LogP contribution in [0.3, 0.4) is 0 Å². The van der Waals surface area contributed by atoms with Crippen molar-refractivity contribution in [2.75, 3.05) is 33.2 Å². The van der Waals surface area contributed by atoms with Gasteiger partial charge in [0.1, 0.15) is 23.6 Å². The highest BCUT2D eigenvalue weighted by Gasteiger charge is 2.34. The van der Waals surface area contributed by atoms with Crippen molar-refractivity contribution in [3.63, 3.8) is 0 Å². The molecule has 1 aliphatic heterocycles. The number of ether oxygens (including phenoxy) is 1. The van der Waals surface area contributed by atoms with Gasteiger partial charge in [-0.3, -0.25) is 23.9 Å². The molecule has 2 aromatic rings. The first kappa shape index (κ1) is 36.2. The van der Waals surface area contributed by atoms with Gasteiger partial charge in [-0.1, -0.05) is 45.2 Å². The molecule has 2 aliphatic rings. The molecule has 47 heavy (non-hydrogen) atoms. The molecule has 1 aliphatic carbocycles. The molecule has 1 saturated carbocycles. The minimum absolute atomic E-state index is 0.000620. The smallest absolute Gasteiger partial charge is 0.270 e. The van der Waals surface area contributed by atoms with Gasteiger partial charge in [0.2, 0.25) is 11.8 Å². The number of carbonyl (C=O) groups is 4. The van der Waals surface area contributed by atoms with E-state index in [1.165, 1.54) is 12.3 Å². The lowest BCUT2D eigenvalue weighted by molar-refractivity contribution is -0.138. The quantitative estimate of drug-likeness (QED) is 0.320. The Morgan fingerprint density at radius 3 is 2.32 bits per heavy atom. The summed E-state index contributed by atoms with van der Waals surface area (Å²) in [5, 5.41) is 9.88. The fraction of sp³-hybridized carbons (Fsp3) is 0.629. The van der Waals surface area contributed by atoms with Gasteiger partial charge in [-0.05, 0) is 57.0 Å². The molecule has 2 heterocycles. The number of halogens is 1. The van der Waals surface area contributed by atoms with Gasteiger partial charge in [0.25, 0.3) is 5.91 Å². The maximum absolute atomic E-state index is 15.7. The maximum atomic E-state index is 15.7. The van der Waals surface area contributed by atoms with Gasteiger partial charge in [0.15, 0.2) is 5.78 Å². The molecule has 3 amide bonds. The number of hydrogen-bond acceptors (Lipinski definition) is 7. The fourth-order valence-electron chi connectivity index (χ4n) is 6.42. The molecule has 1 saturated heterocycles. The highest BCUT2D eigenvalue weighted by Crippen LogP contribution is 2.26. The van der Waals surface area contributed by atoms with Crippen molar-refractivity contribution < 1.29 is 28.3 Å². The summed E-state index contributed by atoms with van der Waals surface area (Å²) in [7, 11) is 2.00. The lowest BCUT2D eigenvalue weighted by atomic mass is 9.90. The highest BCUT2D eigenvalue weighted by atomic mass is 19.1. The van der Waals surface area contributed by atoms with Crippen molar-refractivity contribution in [1.29, 1.82) is 0 Å². The number of aromatic nitrogens is 2. The summed E-state index contributed by atoms with van der Waals surface area (Å²) in [5.41, 5.74) is 1.04. The molecule has 0 spiro atoms. The largest absolute Gasteiger partial charge is 0.373 e. The molecule has 1 aromatic carbocycles. The monoisotopic (exact) mass is 654 g/mol. The molecule has 11 nitrogen and oxygen atoms in total. The van der Waals surface area contributed by atoms with Crippen LogP contribution in [-0.2, 0) is 32.1 Å². The third kappa shape index (κ3) is 9.47. The van der Waals surface area contributed by atoms with Gasteiger partial charge in [0.05, 0.1) is 12.2 Å². The number of hydrogen-bond donors (Lipinski definition) is 2. The number of ketones is 1. The van der Waals surface area contributed by atoms with E-state index in [2.05, 4.69) is 20.6 Å². The van der Waals surface area contributed by atoms with Crippen LogP contribution in [0.4, 0.5) is 4.39 Å². The van der Waals surface area contributed by atoms with Crippen LogP contribution in [0.5, 0.6) is 0 Å². The number of Topliss-reactive ketones (excluding diaryl/α,β-unsaturated/α-hetero) is 1. The first-order valence-corrected chi connectivity index (χ1v) is 17.1. The molecular formula is C35H51FN6O5. The zero-order valence-corrected chi connectivity index (χ0v) is 28.5. The first-order chi connectivity index (χ1) is 22.5. The summed E-state index contributed by atoms with van der Waals surface area (Å²) in [6.45, 7) is 10.2. The molecule has 0 radical (unpaired) electrons. The normalized spacial score (nSPS) is 18.6. The maximum Gasteiger partial charge on any atom is 0.270 e. The second-order valence-electron chi connectivity index (χ2n) is 12.9. The third-order valence-electron chi connectivity index (χ3n) is 9.50. The Hall–Kier alpha value is -3.64. The summed E-state index contributed by atoms with van der Waals surface area (Å²) in [6.07, 6.45) is 5.92. The molecule has 258 valence electrons. The molecule has 0 unspecified atom stereocenters. The van der Waals surface area contributed by atoms with Crippen LogP contribution >= 0.6 is 0 Å². The number of carbonyl (C=O) groups excluding carboxylic acids is 4. The van der Waals surface area contributed by atoms with Crippen LogP contribution < -0.4 is 10.6 Å². The van der Waals surface area contributed by atoms with Crippen LogP contribution in [0.15, 0.2) is 30.5 Å². The van der Waals surface area contributed by atoms with E-state index in [1.54, 1.807) is 48.6 Å². The van der Waals surface area contributed by atoms with Gasteiger partial charge in [-0.2, -0.15) is 5.10 Å². The predicted octanol–water partition coefficient (Wildman–Crippen LogP) is 3.46. The summed E-state index contributed by atoms with van der Waals surface area (Å²) >= 11 is 0. The van der Waals surface area contributed by atoms with Crippen molar-refractivity contribution in [1.82, 2.24) is 30.2 Å². The number of rotatable bonds is 14. The summed E-state index contributed by atoms with van der Waals surface area (Å²) in [6, 6.07) is 4.33. The van der Waals surface area contributed by atoms with Crippen molar-refractivity contribution >= 4 is 23.5 Å². The van der Waals surface area contributed by atoms with Gasteiger partial charge in [0, 0.05) is 57.7 Å². The van der Waals surface area contributed by atoms with Gasteiger partial charge in [-0.25, -0.2) is 4.39 Å². The van der Waals surface area contributed by atoms with E-state index >= 15 is 4.39 Å². The number of nitrogens with zero attached hydrogens (tertiary/aromatic N) is 4. The lowest BCUT2D eigenvalue weighted by Gasteiger charge is -2.36. The number of amides is 3. The second kappa shape index (κ2) is 17.0. The topological polar surface area (TPSA) is 126 Å². The minimum Gasteiger partial charge on any atom is -0.373 e. The average molecular weight is 655 g/mol.